The third kappa shape index (κ3) is 5.53. The van der Waals surface area contributed by atoms with Crippen molar-refractivity contribution in [1.82, 2.24) is 5.32 Å². The van der Waals surface area contributed by atoms with Gasteiger partial charge in [-0.3, -0.25) is 4.79 Å². The van der Waals surface area contributed by atoms with Gasteiger partial charge < -0.3 is 10.1 Å². The van der Waals surface area contributed by atoms with Crippen LogP contribution in [0.15, 0.2) is 53.4 Å². The lowest BCUT2D eigenvalue weighted by Crippen LogP contribution is -2.33. The first-order valence-electron chi connectivity index (χ1n) is 8.92. The Morgan fingerprint density at radius 1 is 1.00 bits per heavy atom. The van der Waals surface area contributed by atoms with E-state index in [1.54, 1.807) is 18.9 Å². The van der Waals surface area contributed by atoms with Gasteiger partial charge in [-0.1, -0.05) is 45.0 Å². The summed E-state index contributed by atoms with van der Waals surface area (Å²) in [6, 6.07) is 16.2. The fraction of sp³-hybridized carbons (Fsp3) is 0.409. The van der Waals surface area contributed by atoms with E-state index in [-0.39, 0.29) is 22.6 Å². The molecule has 4 heteroatoms. The minimum Gasteiger partial charge on any atom is -0.497 e. The predicted molar refractivity (Wildman–Crippen MR) is 110 cm³/mol. The van der Waals surface area contributed by atoms with Crippen molar-refractivity contribution in [2.24, 2.45) is 0 Å². The van der Waals surface area contributed by atoms with Crippen LogP contribution in [-0.2, 0) is 10.2 Å². The number of hydrogen-bond donors (Lipinski definition) is 1. The molecule has 0 aliphatic rings. The van der Waals surface area contributed by atoms with Gasteiger partial charge in [0.05, 0.1) is 18.4 Å². The molecule has 2 aromatic rings. The van der Waals surface area contributed by atoms with E-state index < -0.39 is 0 Å². The first kappa shape index (κ1) is 20.4. The zero-order chi connectivity index (χ0) is 19.3. The molecule has 2 aromatic carbocycles. The molecule has 0 unspecified atom stereocenters. The number of carbonyl (C=O) groups excluding carboxylic acids is 1. The number of methoxy groups -OCH3 is 1. The van der Waals surface area contributed by atoms with Gasteiger partial charge in [-0.15, -0.1) is 11.8 Å². The minimum atomic E-state index is -0.167. The molecule has 0 bridgehead atoms. The summed E-state index contributed by atoms with van der Waals surface area (Å²) in [6.07, 6.45) is 0. The maximum absolute atomic E-state index is 12.5. The van der Waals surface area contributed by atoms with Crippen molar-refractivity contribution in [3.63, 3.8) is 0 Å². The Balaban J connectivity index is 1.94. The first-order chi connectivity index (χ1) is 12.2. The summed E-state index contributed by atoms with van der Waals surface area (Å²) >= 11 is 1.55. The molecule has 140 valence electrons. The van der Waals surface area contributed by atoms with E-state index in [4.69, 9.17) is 4.74 Å². The van der Waals surface area contributed by atoms with Crippen LogP contribution in [0.1, 0.15) is 51.8 Å². The third-order valence-electron chi connectivity index (χ3n) is 4.38. The second kappa shape index (κ2) is 8.63. The summed E-state index contributed by atoms with van der Waals surface area (Å²) < 4.78 is 5.16. The van der Waals surface area contributed by atoms with Gasteiger partial charge in [0, 0.05) is 4.90 Å². The molecule has 3 nitrogen and oxygen atoms in total. The first-order valence-corrected chi connectivity index (χ1v) is 9.80. The van der Waals surface area contributed by atoms with Gasteiger partial charge in [0.15, 0.2) is 0 Å². The molecule has 0 aliphatic heterocycles. The highest BCUT2D eigenvalue weighted by Gasteiger charge is 2.18. The van der Waals surface area contributed by atoms with Crippen molar-refractivity contribution < 1.29 is 9.53 Å². The number of ether oxygens (including phenoxy) is 1. The lowest BCUT2D eigenvalue weighted by molar-refractivity contribution is -0.120. The molecule has 0 aromatic heterocycles. The van der Waals surface area contributed by atoms with Crippen molar-refractivity contribution in [1.29, 1.82) is 0 Å². The van der Waals surface area contributed by atoms with Gasteiger partial charge in [-0.05, 0) is 54.7 Å². The quantitative estimate of drug-likeness (QED) is 0.696. The molecule has 0 radical (unpaired) electrons. The number of nitrogens with one attached hydrogen (secondary N) is 1. The lowest BCUT2D eigenvalue weighted by atomic mass is 9.86. The van der Waals surface area contributed by atoms with E-state index in [0.29, 0.717) is 0 Å². The fourth-order valence-corrected chi connectivity index (χ4v) is 3.47. The van der Waals surface area contributed by atoms with E-state index in [0.717, 1.165) is 16.2 Å². The molecule has 1 amide bonds. The van der Waals surface area contributed by atoms with Crippen molar-refractivity contribution in [3.05, 3.63) is 59.7 Å². The second-order valence-corrected chi connectivity index (χ2v) is 8.95. The Bertz CT molecular complexity index is 717. The molecule has 1 N–H and O–H groups in total. The van der Waals surface area contributed by atoms with Crippen LogP contribution in [0.4, 0.5) is 0 Å². The standard InChI is InChI=1S/C22H29NO2S/c1-15(17-7-9-18(10-8-17)22(3,4)5)23-21(24)16(2)26-20-13-11-19(25-6)12-14-20/h7-16H,1-6H3,(H,23,24)/t15-,16+/m1/s1. The van der Waals surface area contributed by atoms with Crippen LogP contribution in [0, 0.1) is 0 Å². The average Bonchev–Trinajstić information content (AvgIpc) is 2.61. The molecule has 0 heterocycles. The number of carbonyl (C=O) groups is 1. The van der Waals surface area contributed by atoms with E-state index in [2.05, 4.69) is 50.4 Å². The van der Waals surface area contributed by atoms with Crippen LogP contribution in [0.5, 0.6) is 5.75 Å². The number of thioether (sulfide) groups is 1. The SMILES string of the molecule is COc1ccc(S[C@@H](C)C(=O)N[C@H](C)c2ccc(C(C)(C)C)cc2)cc1. The molecule has 0 saturated heterocycles. The van der Waals surface area contributed by atoms with Gasteiger partial charge >= 0.3 is 0 Å². The molecule has 0 aliphatic carbocycles. The smallest absolute Gasteiger partial charge is 0.233 e. The van der Waals surface area contributed by atoms with Crippen molar-refractivity contribution in [2.75, 3.05) is 7.11 Å². The normalized spacial score (nSPS) is 13.8. The fourth-order valence-electron chi connectivity index (χ4n) is 2.60. The molecule has 26 heavy (non-hydrogen) atoms. The monoisotopic (exact) mass is 371 g/mol. The van der Waals surface area contributed by atoms with Crippen LogP contribution in [0.3, 0.4) is 0 Å². The Labute approximate surface area is 161 Å². The highest BCUT2D eigenvalue weighted by atomic mass is 32.2. The Hall–Kier alpha value is -1.94. The summed E-state index contributed by atoms with van der Waals surface area (Å²) in [5.74, 6) is 0.858. The molecule has 2 rings (SSSR count). The maximum atomic E-state index is 12.5. The maximum Gasteiger partial charge on any atom is 0.233 e. The number of amides is 1. The Morgan fingerprint density at radius 2 is 1.58 bits per heavy atom. The highest BCUT2D eigenvalue weighted by Crippen LogP contribution is 2.27. The minimum absolute atomic E-state index is 0.0181. The average molecular weight is 372 g/mol. The van der Waals surface area contributed by atoms with Gasteiger partial charge in [0.25, 0.3) is 0 Å². The molecule has 0 spiro atoms. The van der Waals surface area contributed by atoms with Crippen LogP contribution in [0.2, 0.25) is 0 Å². The van der Waals surface area contributed by atoms with Crippen LogP contribution in [0.25, 0.3) is 0 Å². The van der Waals surface area contributed by atoms with Crippen LogP contribution in [-0.4, -0.2) is 18.3 Å². The van der Waals surface area contributed by atoms with E-state index in [1.807, 2.05) is 38.1 Å². The zero-order valence-electron chi connectivity index (χ0n) is 16.5. The molecule has 0 fully saturated rings. The topological polar surface area (TPSA) is 38.3 Å². The van der Waals surface area contributed by atoms with Gasteiger partial charge in [-0.2, -0.15) is 0 Å². The summed E-state index contributed by atoms with van der Waals surface area (Å²) in [4.78, 5) is 13.6. The second-order valence-electron chi connectivity index (χ2n) is 7.54. The molecular formula is C22H29NO2S. The van der Waals surface area contributed by atoms with E-state index >= 15 is 0 Å². The largest absolute Gasteiger partial charge is 0.497 e. The highest BCUT2D eigenvalue weighted by molar-refractivity contribution is 8.00. The zero-order valence-corrected chi connectivity index (χ0v) is 17.3. The Morgan fingerprint density at radius 3 is 2.08 bits per heavy atom. The van der Waals surface area contributed by atoms with Crippen LogP contribution < -0.4 is 10.1 Å². The van der Waals surface area contributed by atoms with E-state index in [9.17, 15) is 4.79 Å². The molecular weight excluding hydrogens is 342 g/mol. The third-order valence-corrected chi connectivity index (χ3v) is 5.49. The summed E-state index contributed by atoms with van der Waals surface area (Å²) in [6.45, 7) is 10.6. The van der Waals surface area contributed by atoms with E-state index in [1.165, 1.54) is 5.56 Å². The van der Waals surface area contributed by atoms with Crippen molar-refractivity contribution in [3.8, 4) is 5.75 Å². The lowest BCUT2D eigenvalue weighted by Gasteiger charge is -2.21. The summed E-state index contributed by atoms with van der Waals surface area (Å²) in [5.41, 5.74) is 2.55. The van der Waals surface area contributed by atoms with Gasteiger partial charge in [-0.25, -0.2) is 0 Å². The summed E-state index contributed by atoms with van der Waals surface area (Å²) in [5, 5.41) is 2.95. The van der Waals surface area contributed by atoms with Crippen molar-refractivity contribution in [2.45, 2.75) is 56.2 Å². The summed E-state index contributed by atoms with van der Waals surface area (Å²) in [7, 11) is 1.65. The number of benzene rings is 2. The van der Waals surface area contributed by atoms with Gasteiger partial charge in [0.2, 0.25) is 5.91 Å². The van der Waals surface area contributed by atoms with Gasteiger partial charge in [0.1, 0.15) is 5.75 Å². The van der Waals surface area contributed by atoms with Crippen LogP contribution >= 0.6 is 11.8 Å². The number of rotatable bonds is 6. The number of hydrogen-bond acceptors (Lipinski definition) is 3. The molecule has 0 saturated carbocycles. The predicted octanol–water partition coefficient (Wildman–Crippen LogP) is 5.35. The Kier molecular flexibility index (Phi) is 6.76. The molecule has 2 atom stereocenters. The van der Waals surface area contributed by atoms with Crippen molar-refractivity contribution >= 4 is 17.7 Å².